The molecule has 29 heavy (non-hydrogen) atoms. The summed E-state index contributed by atoms with van der Waals surface area (Å²) in [7, 11) is 1.51. The van der Waals surface area contributed by atoms with Crippen LogP contribution in [0.15, 0.2) is 48.0 Å². The summed E-state index contributed by atoms with van der Waals surface area (Å²) < 4.78 is 42.6. The van der Waals surface area contributed by atoms with Crippen molar-refractivity contribution in [1.29, 1.82) is 0 Å². The minimum atomic E-state index is -4.51. The Morgan fingerprint density at radius 3 is 2.34 bits per heavy atom. The molecule has 2 aromatic heterocycles. The molecule has 1 aromatic carbocycles. The van der Waals surface area contributed by atoms with E-state index in [9.17, 15) is 22.8 Å². The number of aromatic nitrogens is 2. The number of amides is 2. The smallest absolute Gasteiger partial charge is 0.417 e. The zero-order valence-corrected chi connectivity index (χ0v) is 15.6. The Hall–Kier alpha value is -3.47. The molecule has 0 radical (unpaired) electrons. The predicted molar refractivity (Wildman–Crippen MR) is 100 cm³/mol. The monoisotopic (exact) mass is 422 g/mol. The van der Waals surface area contributed by atoms with Gasteiger partial charge in [0.25, 0.3) is 11.8 Å². The maximum atomic E-state index is 12.5. The van der Waals surface area contributed by atoms with Crippen LogP contribution in [0.1, 0.15) is 26.4 Å². The van der Waals surface area contributed by atoms with E-state index in [1.807, 2.05) is 0 Å². The van der Waals surface area contributed by atoms with Crippen LogP contribution >= 0.6 is 11.3 Å². The largest absolute Gasteiger partial charge is 0.497 e. The van der Waals surface area contributed by atoms with Gasteiger partial charge in [-0.2, -0.15) is 13.2 Å². The fourth-order valence-electron chi connectivity index (χ4n) is 2.16. The van der Waals surface area contributed by atoms with Crippen LogP contribution in [-0.4, -0.2) is 28.9 Å². The Morgan fingerprint density at radius 2 is 1.76 bits per heavy atom. The fraction of sp³-hybridized carbons (Fsp3) is 0.111. The Bertz CT molecular complexity index is 1020. The number of carbonyl (C=O) groups excluding carboxylic acids is 2. The molecule has 2 N–H and O–H groups in total. The Kier molecular flexibility index (Phi) is 5.78. The maximum absolute atomic E-state index is 12.5. The highest BCUT2D eigenvalue weighted by Crippen LogP contribution is 2.29. The summed E-state index contributed by atoms with van der Waals surface area (Å²) in [4.78, 5) is 32.0. The quantitative estimate of drug-likeness (QED) is 0.647. The lowest BCUT2D eigenvalue weighted by Crippen LogP contribution is -2.15. The molecule has 2 heterocycles. The van der Waals surface area contributed by atoms with E-state index in [1.54, 1.807) is 24.3 Å². The minimum absolute atomic E-state index is 0.0123. The lowest BCUT2D eigenvalue weighted by Gasteiger charge is -2.07. The third-order valence-electron chi connectivity index (χ3n) is 3.64. The molecule has 11 heteroatoms. The molecule has 0 bridgehead atoms. The van der Waals surface area contributed by atoms with Crippen LogP contribution < -0.4 is 15.4 Å². The number of benzene rings is 1. The average Bonchev–Trinajstić information content (AvgIpc) is 3.16. The molecule has 0 aliphatic heterocycles. The molecule has 0 fully saturated rings. The molecule has 0 atom stereocenters. The number of hydrogen-bond acceptors (Lipinski definition) is 6. The van der Waals surface area contributed by atoms with E-state index in [0.717, 1.165) is 23.5 Å². The van der Waals surface area contributed by atoms with Gasteiger partial charge in [-0.1, -0.05) is 0 Å². The van der Waals surface area contributed by atoms with E-state index in [0.29, 0.717) is 17.5 Å². The normalized spacial score (nSPS) is 11.0. The van der Waals surface area contributed by atoms with Gasteiger partial charge in [-0.3, -0.25) is 14.9 Å². The number of methoxy groups -OCH3 is 1. The number of alkyl halides is 3. The van der Waals surface area contributed by atoms with Crippen LogP contribution in [0.25, 0.3) is 0 Å². The highest BCUT2D eigenvalue weighted by atomic mass is 32.1. The van der Waals surface area contributed by atoms with Gasteiger partial charge in [0.05, 0.1) is 12.7 Å². The summed E-state index contributed by atoms with van der Waals surface area (Å²) in [5.74, 6) is -0.539. The van der Waals surface area contributed by atoms with Gasteiger partial charge in [0, 0.05) is 17.1 Å². The number of rotatable bonds is 5. The van der Waals surface area contributed by atoms with E-state index in [1.165, 1.54) is 12.5 Å². The van der Waals surface area contributed by atoms with Crippen molar-refractivity contribution in [2.24, 2.45) is 0 Å². The molecular weight excluding hydrogens is 409 g/mol. The first-order valence-corrected chi connectivity index (χ1v) is 8.90. The van der Waals surface area contributed by atoms with Gasteiger partial charge >= 0.3 is 6.18 Å². The summed E-state index contributed by atoms with van der Waals surface area (Å²) in [6.45, 7) is 0. The Balaban J connectivity index is 1.62. The summed E-state index contributed by atoms with van der Waals surface area (Å²) in [6, 6.07) is 8.26. The number of hydrogen-bond donors (Lipinski definition) is 2. The zero-order valence-electron chi connectivity index (χ0n) is 14.8. The van der Waals surface area contributed by atoms with Gasteiger partial charge < -0.3 is 10.1 Å². The minimum Gasteiger partial charge on any atom is -0.497 e. The molecule has 150 valence electrons. The second-order valence-corrected chi connectivity index (χ2v) is 6.46. The van der Waals surface area contributed by atoms with Crippen LogP contribution in [0.4, 0.5) is 24.1 Å². The molecule has 0 unspecified atom stereocenters. The number of halogens is 3. The van der Waals surface area contributed by atoms with E-state index in [4.69, 9.17) is 4.74 Å². The molecule has 3 rings (SSSR count). The van der Waals surface area contributed by atoms with Crippen LogP contribution in [0.5, 0.6) is 5.75 Å². The van der Waals surface area contributed by atoms with Crippen LogP contribution in [0, 0.1) is 0 Å². The van der Waals surface area contributed by atoms with E-state index < -0.39 is 23.6 Å². The molecule has 0 saturated carbocycles. The number of thiazole rings is 1. The summed E-state index contributed by atoms with van der Waals surface area (Å²) in [5.41, 5.74) is -0.560. The Morgan fingerprint density at radius 1 is 1.03 bits per heavy atom. The van der Waals surface area contributed by atoms with Gasteiger partial charge in [0.1, 0.15) is 17.3 Å². The molecular formula is C18H13F3N4O3S. The molecule has 7 nitrogen and oxygen atoms in total. The zero-order chi connectivity index (χ0) is 21.0. The molecule has 0 aliphatic rings. The summed E-state index contributed by atoms with van der Waals surface area (Å²) in [5, 5.41) is 6.51. The van der Waals surface area contributed by atoms with E-state index in [-0.39, 0.29) is 16.6 Å². The Labute approximate surface area is 166 Å². The first kappa shape index (κ1) is 20.3. The van der Waals surface area contributed by atoms with Gasteiger partial charge in [-0.05, 0) is 36.4 Å². The standard InChI is InChI=1S/C18H13F3N4O3S/c1-28-12-5-2-10(3-6-12)15(26)25-17-23-13(9-29-17)16(27)24-14-7-4-11(8-22-14)18(19,20)21/h2-9H,1H3,(H,22,24,27)(H,23,25,26). The third kappa shape index (κ3) is 5.08. The number of carbonyl (C=O) groups is 2. The van der Waals surface area contributed by atoms with Gasteiger partial charge in [-0.25, -0.2) is 9.97 Å². The number of nitrogens with one attached hydrogen (secondary N) is 2. The highest BCUT2D eigenvalue weighted by Gasteiger charge is 2.30. The van der Waals surface area contributed by atoms with Crippen molar-refractivity contribution in [2.45, 2.75) is 6.18 Å². The first-order valence-electron chi connectivity index (χ1n) is 8.02. The number of anilines is 2. The topological polar surface area (TPSA) is 93.2 Å². The SMILES string of the molecule is COc1ccc(C(=O)Nc2nc(C(=O)Nc3ccc(C(F)(F)F)cn3)cs2)cc1. The van der Waals surface area contributed by atoms with Crippen LogP contribution in [0.2, 0.25) is 0 Å². The molecule has 2 amide bonds. The van der Waals surface area contributed by atoms with Crippen molar-refractivity contribution in [3.05, 3.63) is 64.8 Å². The summed E-state index contributed by atoms with van der Waals surface area (Å²) >= 11 is 1.03. The number of nitrogens with zero attached hydrogens (tertiary/aromatic N) is 2. The number of ether oxygens (including phenoxy) is 1. The van der Waals surface area contributed by atoms with E-state index >= 15 is 0 Å². The second-order valence-electron chi connectivity index (χ2n) is 5.60. The van der Waals surface area contributed by atoms with Crippen molar-refractivity contribution in [3.63, 3.8) is 0 Å². The van der Waals surface area contributed by atoms with Crippen molar-refractivity contribution >= 4 is 34.1 Å². The third-order valence-corrected chi connectivity index (χ3v) is 4.40. The number of pyridine rings is 1. The van der Waals surface area contributed by atoms with Gasteiger partial charge in [0.2, 0.25) is 0 Å². The lowest BCUT2D eigenvalue weighted by molar-refractivity contribution is -0.137. The molecule has 3 aromatic rings. The summed E-state index contributed by atoms with van der Waals surface area (Å²) in [6.07, 6.45) is -3.89. The fourth-order valence-corrected chi connectivity index (χ4v) is 2.85. The first-order chi connectivity index (χ1) is 13.8. The van der Waals surface area contributed by atoms with Crippen molar-refractivity contribution in [1.82, 2.24) is 9.97 Å². The van der Waals surface area contributed by atoms with Gasteiger partial charge in [-0.15, -0.1) is 11.3 Å². The molecule has 0 aliphatic carbocycles. The highest BCUT2D eigenvalue weighted by molar-refractivity contribution is 7.14. The van der Waals surface area contributed by atoms with Gasteiger partial charge in [0.15, 0.2) is 5.13 Å². The lowest BCUT2D eigenvalue weighted by atomic mass is 10.2. The predicted octanol–water partition coefficient (Wildman–Crippen LogP) is 4.07. The molecule has 0 saturated heterocycles. The van der Waals surface area contributed by atoms with Crippen molar-refractivity contribution in [2.75, 3.05) is 17.7 Å². The average molecular weight is 422 g/mol. The molecule has 0 spiro atoms. The van der Waals surface area contributed by atoms with Crippen LogP contribution in [-0.2, 0) is 6.18 Å². The van der Waals surface area contributed by atoms with Crippen LogP contribution in [0.3, 0.4) is 0 Å². The van der Waals surface area contributed by atoms with Crippen molar-refractivity contribution in [3.8, 4) is 5.75 Å². The van der Waals surface area contributed by atoms with Crippen molar-refractivity contribution < 1.29 is 27.5 Å². The van der Waals surface area contributed by atoms with E-state index in [2.05, 4.69) is 20.6 Å². The second kappa shape index (κ2) is 8.27. The maximum Gasteiger partial charge on any atom is 0.417 e.